The summed E-state index contributed by atoms with van der Waals surface area (Å²) >= 11 is 0. The number of benzene rings is 3. The fourth-order valence-corrected chi connectivity index (χ4v) is 3.91. The van der Waals surface area contributed by atoms with Gasteiger partial charge in [-0.1, -0.05) is 66.2 Å². The van der Waals surface area contributed by atoms with E-state index >= 15 is 0 Å². The molecule has 5 heteroatoms. The van der Waals surface area contributed by atoms with Crippen molar-refractivity contribution in [3.8, 4) is 0 Å². The zero-order valence-electron chi connectivity index (χ0n) is 17.1. The van der Waals surface area contributed by atoms with Crippen molar-refractivity contribution in [3.63, 3.8) is 0 Å². The molecular formula is C26H21N3O2. The molecule has 0 saturated carbocycles. The van der Waals surface area contributed by atoms with E-state index in [-0.39, 0.29) is 11.6 Å². The van der Waals surface area contributed by atoms with Crippen LogP contribution in [-0.4, -0.2) is 16.5 Å². The molecule has 0 unspecified atom stereocenters. The van der Waals surface area contributed by atoms with Crippen LogP contribution in [0.15, 0.2) is 90.8 Å². The molecule has 0 aliphatic carbocycles. The summed E-state index contributed by atoms with van der Waals surface area (Å²) in [5.41, 5.74) is 5.21. The number of hydrogen-bond donors (Lipinski definition) is 1. The summed E-state index contributed by atoms with van der Waals surface area (Å²) in [5.74, 6) is -0.355. The Balaban J connectivity index is 1.52. The van der Waals surface area contributed by atoms with Gasteiger partial charge < -0.3 is 9.88 Å². The van der Waals surface area contributed by atoms with E-state index in [9.17, 15) is 9.59 Å². The van der Waals surface area contributed by atoms with Gasteiger partial charge in [-0.05, 0) is 36.8 Å². The second-order valence-corrected chi connectivity index (χ2v) is 7.68. The average molecular weight is 407 g/mol. The van der Waals surface area contributed by atoms with Gasteiger partial charge in [0.05, 0.1) is 5.69 Å². The molecule has 1 aromatic heterocycles. The highest BCUT2D eigenvalue weighted by atomic mass is 16.2. The van der Waals surface area contributed by atoms with E-state index in [1.54, 1.807) is 30.3 Å². The summed E-state index contributed by atoms with van der Waals surface area (Å²) in [6.45, 7) is 2.80. The van der Waals surface area contributed by atoms with Gasteiger partial charge in [0, 0.05) is 29.2 Å². The third-order valence-electron chi connectivity index (χ3n) is 5.49. The molecule has 0 bridgehead atoms. The van der Waals surface area contributed by atoms with Crippen molar-refractivity contribution in [2.45, 2.75) is 13.5 Å². The molecule has 3 amide bonds. The van der Waals surface area contributed by atoms with Gasteiger partial charge in [-0.15, -0.1) is 0 Å². The van der Waals surface area contributed by atoms with Crippen molar-refractivity contribution in [1.82, 2.24) is 9.88 Å². The van der Waals surface area contributed by atoms with Crippen molar-refractivity contribution in [2.24, 2.45) is 0 Å². The maximum absolute atomic E-state index is 13.0. The van der Waals surface area contributed by atoms with E-state index in [2.05, 4.69) is 47.1 Å². The normalized spacial score (nSPS) is 15.1. The number of carbonyl (C=O) groups excluding carboxylic acids is 2. The lowest BCUT2D eigenvalue weighted by atomic mass is 10.1. The molecule has 1 fully saturated rings. The number of fused-ring (bicyclic) bond motifs is 1. The lowest BCUT2D eigenvalue weighted by Gasteiger charge is -2.10. The Morgan fingerprint density at radius 1 is 0.871 bits per heavy atom. The number of para-hydroxylation sites is 2. The Hall–Kier alpha value is -4.12. The molecule has 1 aliphatic heterocycles. The summed E-state index contributed by atoms with van der Waals surface area (Å²) in [6, 6.07) is 25.0. The third-order valence-corrected chi connectivity index (χ3v) is 5.49. The van der Waals surface area contributed by atoms with Crippen LogP contribution in [0.1, 0.15) is 16.7 Å². The molecule has 5 rings (SSSR count). The highest BCUT2D eigenvalue weighted by Gasteiger charge is 2.34. The van der Waals surface area contributed by atoms with Crippen LogP contribution in [0.2, 0.25) is 0 Å². The molecule has 31 heavy (non-hydrogen) atoms. The second-order valence-electron chi connectivity index (χ2n) is 7.68. The number of amides is 3. The standard InChI is InChI=1S/C26H21N3O2/c1-18-11-13-19(14-12-18)16-28-17-20(22-9-5-6-10-24(22)28)15-23-25(30)29(26(31)27-23)21-7-3-2-4-8-21/h2-15,17H,16H2,1H3,(H,27,31). The molecule has 1 saturated heterocycles. The fraction of sp³-hybridized carbons (Fsp3) is 0.0769. The average Bonchev–Trinajstić information content (AvgIpc) is 3.27. The van der Waals surface area contributed by atoms with Crippen molar-refractivity contribution in [1.29, 1.82) is 0 Å². The molecule has 1 aliphatic rings. The maximum Gasteiger partial charge on any atom is 0.333 e. The summed E-state index contributed by atoms with van der Waals surface area (Å²) in [6.07, 6.45) is 3.79. The SMILES string of the molecule is Cc1ccc(Cn2cc(C=C3NC(=O)N(c4ccccc4)C3=O)c3ccccc32)cc1. The number of imide groups is 1. The predicted molar refractivity (Wildman–Crippen MR) is 123 cm³/mol. The van der Waals surface area contributed by atoms with Gasteiger partial charge in [0.25, 0.3) is 5.91 Å². The van der Waals surface area contributed by atoms with Crippen LogP contribution in [0.5, 0.6) is 0 Å². The molecule has 3 aromatic carbocycles. The number of nitrogens with one attached hydrogen (secondary N) is 1. The van der Waals surface area contributed by atoms with E-state index in [1.165, 1.54) is 11.1 Å². The van der Waals surface area contributed by atoms with Crippen LogP contribution in [-0.2, 0) is 11.3 Å². The molecular weight excluding hydrogens is 386 g/mol. The van der Waals surface area contributed by atoms with Crippen molar-refractivity contribution in [2.75, 3.05) is 4.90 Å². The first-order valence-electron chi connectivity index (χ1n) is 10.2. The van der Waals surface area contributed by atoms with E-state index in [4.69, 9.17) is 0 Å². The summed E-state index contributed by atoms with van der Waals surface area (Å²) < 4.78 is 2.17. The third kappa shape index (κ3) is 3.51. The first-order valence-corrected chi connectivity index (χ1v) is 10.2. The molecule has 4 aromatic rings. The topological polar surface area (TPSA) is 54.3 Å². The monoisotopic (exact) mass is 407 g/mol. The fourth-order valence-electron chi connectivity index (χ4n) is 3.91. The summed E-state index contributed by atoms with van der Waals surface area (Å²) in [5, 5.41) is 3.75. The molecule has 0 radical (unpaired) electrons. The van der Waals surface area contributed by atoms with Crippen LogP contribution < -0.4 is 10.2 Å². The minimum Gasteiger partial charge on any atom is -0.342 e. The highest BCUT2D eigenvalue weighted by molar-refractivity contribution is 6.28. The number of carbonyl (C=O) groups is 2. The molecule has 1 N–H and O–H groups in total. The molecule has 152 valence electrons. The predicted octanol–water partition coefficient (Wildman–Crippen LogP) is 5.10. The van der Waals surface area contributed by atoms with E-state index in [0.717, 1.165) is 27.9 Å². The van der Waals surface area contributed by atoms with Crippen LogP contribution >= 0.6 is 0 Å². The van der Waals surface area contributed by atoms with Crippen LogP contribution in [0, 0.1) is 6.92 Å². The second kappa shape index (κ2) is 7.61. The van der Waals surface area contributed by atoms with E-state index in [1.807, 2.05) is 30.5 Å². The first kappa shape index (κ1) is 18.9. The Kier molecular flexibility index (Phi) is 4.64. The number of aromatic nitrogens is 1. The summed E-state index contributed by atoms with van der Waals surface area (Å²) in [7, 11) is 0. The highest BCUT2D eigenvalue weighted by Crippen LogP contribution is 2.27. The zero-order valence-corrected chi connectivity index (χ0v) is 17.1. The number of nitrogens with zero attached hydrogens (tertiary/aromatic N) is 2. The van der Waals surface area contributed by atoms with Gasteiger partial charge in [-0.2, -0.15) is 0 Å². The number of rotatable bonds is 4. The van der Waals surface area contributed by atoms with Crippen LogP contribution in [0.25, 0.3) is 17.0 Å². The van der Waals surface area contributed by atoms with Gasteiger partial charge >= 0.3 is 6.03 Å². The Morgan fingerprint density at radius 3 is 2.35 bits per heavy atom. The van der Waals surface area contributed by atoms with Gasteiger partial charge in [0.15, 0.2) is 0 Å². The quantitative estimate of drug-likeness (QED) is 0.378. The minimum atomic E-state index is -0.439. The zero-order chi connectivity index (χ0) is 21.4. The van der Waals surface area contributed by atoms with Gasteiger partial charge in [-0.3, -0.25) is 4.79 Å². The largest absolute Gasteiger partial charge is 0.342 e. The van der Waals surface area contributed by atoms with Crippen molar-refractivity contribution in [3.05, 3.63) is 107 Å². The molecule has 2 heterocycles. The van der Waals surface area contributed by atoms with Gasteiger partial charge in [0.1, 0.15) is 5.70 Å². The number of urea groups is 1. The smallest absolute Gasteiger partial charge is 0.333 e. The van der Waals surface area contributed by atoms with E-state index < -0.39 is 6.03 Å². The van der Waals surface area contributed by atoms with Gasteiger partial charge in [0.2, 0.25) is 0 Å². The lowest BCUT2D eigenvalue weighted by Crippen LogP contribution is -2.30. The van der Waals surface area contributed by atoms with Crippen molar-refractivity contribution < 1.29 is 9.59 Å². The lowest BCUT2D eigenvalue weighted by molar-refractivity contribution is -0.113. The number of hydrogen-bond acceptors (Lipinski definition) is 2. The Morgan fingerprint density at radius 2 is 1.58 bits per heavy atom. The molecule has 0 atom stereocenters. The van der Waals surface area contributed by atoms with Crippen LogP contribution in [0.3, 0.4) is 0 Å². The van der Waals surface area contributed by atoms with Crippen LogP contribution in [0.4, 0.5) is 10.5 Å². The molecule has 5 nitrogen and oxygen atoms in total. The number of anilines is 1. The van der Waals surface area contributed by atoms with Crippen molar-refractivity contribution >= 4 is 34.6 Å². The Bertz CT molecular complexity index is 1320. The maximum atomic E-state index is 13.0. The first-order chi connectivity index (χ1) is 15.1. The van der Waals surface area contributed by atoms with E-state index in [0.29, 0.717) is 5.69 Å². The summed E-state index contributed by atoms with van der Waals surface area (Å²) in [4.78, 5) is 26.6. The minimum absolute atomic E-state index is 0.270. The molecule has 0 spiro atoms. The Labute approximate surface area is 180 Å². The number of aryl methyl sites for hydroxylation is 1. The van der Waals surface area contributed by atoms with Gasteiger partial charge in [-0.25, -0.2) is 9.69 Å².